The molecule has 0 saturated heterocycles. The largest absolute Gasteiger partial charge is 0.508 e. The summed E-state index contributed by atoms with van der Waals surface area (Å²) in [6.45, 7) is 0. The van der Waals surface area contributed by atoms with Crippen molar-refractivity contribution >= 4 is 31.5 Å². The maximum atomic E-state index is 13.5. The molecular formula is C19H13F3N2O3S. The van der Waals surface area contributed by atoms with Crippen molar-refractivity contribution in [2.24, 2.45) is 0 Å². The second-order valence-electron chi connectivity index (χ2n) is 6.39. The van der Waals surface area contributed by atoms with Gasteiger partial charge in [0.25, 0.3) is 0 Å². The van der Waals surface area contributed by atoms with Crippen LogP contribution in [0.2, 0.25) is 0 Å². The molecule has 0 saturated carbocycles. The van der Waals surface area contributed by atoms with Crippen LogP contribution in [0, 0.1) is 0 Å². The molecule has 144 valence electrons. The standard InChI is InChI=1S/C19H13F3N2O3S/c1-28(26,27)14-6-3-12(4-7-14)24-17-15-9-5-13(25)10-11(15)2-8-16(17)18(23-24)19(20,21)22/h2-10,25H,1H3. The van der Waals surface area contributed by atoms with Crippen molar-refractivity contribution in [3.05, 3.63) is 60.3 Å². The lowest BCUT2D eigenvalue weighted by molar-refractivity contribution is -0.140. The molecule has 0 radical (unpaired) electrons. The molecule has 0 amide bonds. The van der Waals surface area contributed by atoms with Gasteiger partial charge >= 0.3 is 6.18 Å². The Hall–Kier alpha value is -3.07. The average molecular weight is 406 g/mol. The highest BCUT2D eigenvalue weighted by Crippen LogP contribution is 2.38. The molecule has 0 aliphatic carbocycles. The zero-order valence-corrected chi connectivity index (χ0v) is 15.2. The summed E-state index contributed by atoms with van der Waals surface area (Å²) in [7, 11) is -3.44. The number of halogens is 3. The molecule has 0 unspecified atom stereocenters. The number of benzene rings is 3. The summed E-state index contributed by atoms with van der Waals surface area (Å²) in [5.41, 5.74) is -0.532. The molecule has 5 nitrogen and oxygen atoms in total. The summed E-state index contributed by atoms with van der Waals surface area (Å²) < 4.78 is 65.0. The van der Waals surface area contributed by atoms with E-state index in [4.69, 9.17) is 0 Å². The van der Waals surface area contributed by atoms with Gasteiger partial charge in [-0.05, 0) is 53.9 Å². The lowest BCUT2D eigenvalue weighted by Gasteiger charge is -2.07. The number of phenols is 1. The van der Waals surface area contributed by atoms with E-state index in [9.17, 15) is 26.7 Å². The first-order valence-electron chi connectivity index (χ1n) is 8.08. The van der Waals surface area contributed by atoms with Crippen LogP contribution < -0.4 is 0 Å². The Labute approximate surface area is 157 Å². The van der Waals surface area contributed by atoms with Crippen molar-refractivity contribution in [3.63, 3.8) is 0 Å². The van der Waals surface area contributed by atoms with Gasteiger partial charge in [0.15, 0.2) is 15.5 Å². The number of aromatic hydroxyl groups is 1. The van der Waals surface area contributed by atoms with E-state index in [1.165, 1.54) is 54.6 Å². The van der Waals surface area contributed by atoms with E-state index in [2.05, 4.69) is 5.10 Å². The van der Waals surface area contributed by atoms with E-state index in [1.54, 1.807) is 0 Å². The van der Waals surface area contributed by atoms with E-state index < -0.39 is 21.7 Å². The van der Waals surface area contributed by atoms with E-state index in [1.807, 2.05) is 0 Å². The Morgan fingerprint density at radius 2 is 1.61 bits per heavy atom. The minimum absolute atomic E-state index is 0.00790. The Balaban J connectivity index is 2.07. The second kappa shape index (κ2) is 5.96. The van der Waals surface area contributed by atoms with Crippen LogP contribution in [0.5, 0.6) is 5.75 Å². The molecule has 28 heavy (non-hydrogen) atoms. The van der Waals surface area contributed by atoms with E-state index in [-0.39, 0.29) is 27.2 Å². The molecule has 1 heterocycles. The molecule has 3 aromatic carbocycles. The lowest BCUT2D eigenvalue weighted by atomic mass is 10.1. The van der Waals surface area contributed by atoms with Gasteiger partial charge in [0.2, 0.25) is 0 Å². The molecule has 9 heteroatoms. The molecule has 4 aromatic rings. The molecule has 0 spiro atoms. The summed E-state index contributed by atoms with van der Waals surface area (Å²) in [6.07, 6.45) is -3.62. The number of fused-ring (bicyclic) bond motifs is 3. The van der Waals surface area contributed by atoms with Crippen LogP contribution in [0.4, 0.5) is 13.2 Å². The fraction of sp³-hybridized carbons (Fsp3) is 0.105. The topological polar surface area (TPSA) is 72.2 Å². The van der Waals surface area contributed by atoms with Crippen molar-refractivity contribution in [1.82, 2.24) is 9.78 Å². The van der Waals surface area contributed by atoms with Gasteiger partial charge in [-0.25, -0.2) is 13.1 Å². The molecule has 0 fully saturated rings. The van der Waals surface area contributed by atoms with Crippen LogP contribution in [0.1, 0.15) is 5.69 Å². The number of alkyl halides is 3. The van der Waals surface area contributed by atoms with Crippen LogP contribution in [0.25, 0.3) is 27.4 Å². The fourth-order valence-corrected chi connectivity index (χ4v) is 3.79. The van der Waals surface area contributed by atoms with Gasteiger partial charge in [-0.2, -0.15) is 18.3 Å². The first kappa shape index (κ1) is 18.3. The highest BCUT2D eigenvalue weighted by atomic mass is 32.2. The molecule has 0 aliphatic heterocycles. The van der Waals surface area contributed by atoms with Crippen LogP contribution in [-0.4, -0.2) is 29.6 Å². The van der Waals surface area contributed by atoms with Gasteiger partial charge in [0.1, 0.15) is 5.75 Å². The fourth-order valence-electron chi connectivity index (χ4n) is 3.15. The van der Waals surface area contributed by atoms with Crippen LogP contribution >= 0.6 is 0 Å². The second-order valence-corrected chi connectivity index (χ2v) is 8.41. The zero-order chi connectivity index (χ0) is 20.3. The Kier molecular flexibility index (Phi) is 3.90. The van der Waals surface area contributed by atoms with Crippen LogP contribution in [0.3, 0.4) is 0 Å². The van der Waals surface area contributed by atoms with Crippen molar-refractivity contribution in [2.45, 2.75) is 11.1 Å². The predicted molar refractivity (Wildman–Crippen MR) is 98.4 cm³/mol. The minimum Gasteiger partial charge on any atom is -0.508 e. The molecule has 0 atom stereocenters. The monoisotopic (exact) mass is 406 g/mol. The van der Waals surface area contributed by atoms with E-state index in [0.717, 1.165) is 10.9 Å². The predicted octanol–water partition coefficient (Wildman–Crippen LogP) is 4.31. The quantitative estimate of drug-likeness (QED) is 0.539. The Morgan fingerprint density at radius 3 is 2.21 bits per heavy atom. The maximum absolute atomic E-state index is 13.5. The average Bonchev–Trinajstić information content (AvgIpc) is 3.01. The number of aromatic nitrogens is 2. The van der Waals surface area contributed by atoms with Gasteiger partial charge in [0.05, 0.1) is 16.1 Å². The number of nitrogens with zero attached hydrogens (tertiary/aromatic N) is 2. The van der Waals surface area contributed by atoms with E-state index >= 15 is 0 Å². The molecule has 0 aliphatic rings. The van der Waals surface area contributed by atoms with E-state index in [0.29, 0.717) is 10.8 Å². The summed E-state index contributed by atoms with van der Waals surface area (Å²) in [6, 6.07) is 12.6. The zero-order valence-electron chi connectivity index (χ0n) is 14.4. The van der Waals surface area contributed by atoms with Gasteiger partial charge in [0, 0.05) is 17.0 Å². The highest BCUT2D eigenvalue weighted by molar-refractivity contribution is 7.90. The minimum atomic E-state index is -4.67. The molecule has 1 N–H and O–H groups in total. The number of hydrogen-bond acceptors (Lipinski definition) is 4. The third kappa shape index (κ3) is 2.97. The van der Waals surface area contributed by atoms with Crippen molar-refractivity contribution in [2.75, 3.05) is 6.26 Å². The Morgan fingerprint density at radius 1 is 0.964 bits per heavy atom. The highest BCUT2D eigenvalue weighted by Gasteiger charge is 2.37. The summed E-state index contributed by atoms with van der Waals surface area (Å²) >= 11 is 0. The Bertz CT molecular complexity index is 1320. The van der Waals surface area contributed by atoms with Crippen molar-refractivity contribution < 1.29 is 26.7 Å². The van der Waals surface area contributed by atoms with Gasteiger partial charge < -0.3 is 5.11 Å². The maximum Gasteiger partial charge on any atom is 0.435 e. The summed E-state index contributed by atoms with van der Waals surface area (Å²) in [5, 5.41) is 14.4. The third-order valence-electron chi connectivity index (χ3n) is 4.42. The summed E-state index contributed by atoms with van der Waals surface area (Å²) in [4.78, 5) is 0.0542. The van der Waals surface area contributed by atoms with Crippen molar-refractivity contribution in [1.29, 1.82) is 0 Å². The summed E-state index contributed by atoms with van der Waals surface area (Å²) in [5.74, 6) is -0.00790. The number of phenolic OH excluding ortho intramolecular Hbond substituents is 1. The lowest BCUT2D eigenvalue weighted by Crippen LogP contribution is -2.07. The van der Waals surface area contributed by atoms with Gasteiger partial charge in [-0.3, -0.25) is 0 Å². The van der Waals surface area contributed by atoms with Crippen LogP contribution in [0.15, 0.2) is 59.5 Å². The SMILES string of the molecule is CS(=O)(=O)c1ccc(-n2nc(C(F)(F)F)c3ccc4cc(O)ccc4c32)cc1. The molecule has 4 rings (SSSR count). The molecule has 1 aromatic heterocycles. The first-order valence-corrected chi connectivity index (χ1v) is 9.97. The smallest absolute Gasteiger partial charge is 0.435 e. The molecule has 0 bridgehead atoms. The first-order chi connectivity index (χ1) is 13.1. The van der Waals surface area contributed by atoms with Gasteiger partial charge in [-0.1, -0.05) is 6.07 Å². The van der Waals surface area contributed by atoms with Gasteiger partial charge in [-0.15, -0.1) is 0 Å². The normalized spacial score (nSPS) is 12.7. The third-order valence-corrected chi connectivity index (χ3v) is 5.55. The van der Waals surface area contributed by atoms with Crippen molar-refractivity contribution in [3.8, 4) is 11.4 Å². The van der Waals surface area contributed by atoms with Crippen LogP contribution in [-0.2, 0) is 16.0 Å². The number of hydrogen-bond donors (Lipinski definition) is 1. The number of rotatable bonds is 2. The number of sulfone groups is 1. The molecular weight excluding hydrogens is 393 g/mol.